The number of aliphatic hydroxyl groups excluding tert-OH is 5. The van der Waals surface area contributed by atoms with Gasteiger partial charge in [0, 0.05) is 5.92 Å². The highest BCUT2D eigenvalue weighted by Crippen LogP contribution is 2.89. The fraction of sp³-hybridized carbons (Fsp3) is 1.00. The standard InChI is InChI=1S/C35H58O9/c1-29(2)21-14-18(36)27-32(6)15-19(37)26(33(7)10-8-23(44-33)30(3,4)41)31(32,5)12-13-35(27)17-34(21,35)11-9-22(29)43-28-25(40)24(39)20(38)16-42-28/h18-28,36-41H,8-17H2,1-7H3/t18-,19-,20+,21+,22-,23-,24-,25+,26-,27+,28-,31+,32-,33+,34+,35-/m0/s1. The van der Waals surface area contributed by atoms with Gasteiger partial charge in [0.2, 0.25) is 0 Å². The molecule has 2 heterocycles. The molecule has 0 aromatic rings. The Morgan fingerprint density at radius 1 is 0.750 bits per heavy atom. The van der Waals surface area contributed by atoms with Crippen molar-refractivity contribution in [2.24, 2.45) is 44.8 Å². The van der Waals surface area contributed by atoms with Crippen molar-refractivity contribution in [1.82, 2.24) is 0 Å². The summed E-state index contributed by atoms with van der Waals surface area (Å²) in [6.07, 6.45) is 1.55. The van der Waals surface area contributed by atoms with Crippen molar-refractivity contribution in [3.8, 4) is 0 Å². The Kier molecular flexibility index (Phi) is 7.04. The highest BCUT2D eigenvalue weighted by molar-refractivity contribution is 5.33. The molecule has 5 aliphatic carbocycles. The molecule has 0 radical (unpaired) electrons. The zero-order valence-electron chi connectivity index (χ0n) is 27.8. The molecular formula is C35H58O9. The number of hydrogen-bond acceptors (Lipinski definition) is 9. The quantitative estimate of drug-likeness (QED) is 0.260. The van der Waals surface area contributed by atoms with Crippen LogP contribution in [0.3, 0.4) is 0 Å². The highest BCUT2D eigenvalue weighted by Gasteiger charge is 2.85. The van der Waals surface area contributed by atoms with Crippen molar-refractivity contribution < 1.29 is 44.8 Å². The molecule has 2 spiro atoms. The summed E-state index contributed by atoms with van der Waals surface area (Å²) in [6, 6.07) is 0. The summed E-state index contributed by atoms with van der Waals surface area (Å²) in [5.74, 6) is 0.253. The van der Waals surface area contributed by atoms with Gasteiger partial charge in [-0.15, -0.1) is 0 Å². The molecule has 2 saturated heterocycles. The van der Waals surface area contributed by atoms with Gasteiger partial charge in [0.1, 0.15) is 18.3 Å². The number of fused-ring (bicyclic) bond motifs is 2. The molecule has 5 saturated carbocycles. The second-order valence-corrected chi connectivity index (χ2v) is 18.3. The van der Waals surface area contributed by atoms with E-state index in [4.69, 9.17) is 14.2 Å². The van der Waals surface area contributed by atoms with Gasteiger partial charge in [-0.25, -0.2) is 0 Å². The van der Waals surface area contributed by atoms with Gasteiger partial charge in [0.25, 0.3) is 0 Å². The first-order chi connectivity index (χ1) is 20.3. The Balaban J connectivity index is 1.16. The van der Waals surface area contributed by atoms with Gasteiger partial charge in [0.05, 0.1) is 42.2 Å². The second-order valence-electron chi connectivity index (χ2n) is 18.3. The molecule has 0 bridgehead atoms. The van der Waals surface area contributed by atoms with Gasteiger partial charge in [-0.05, 0) is 117 Å². The van der Waals surface area contributed by atoms with E-state index in [-0.39, 0.29) is 63.6 Å². The summed E-state index contributed by atoms with van der Waals surface area (Å²) in [4.78, 5) is 0. The van der Waals surface area contributed by atoms with Crippen LogP contribution in [0.1, 0.15) is 106 Å². The zero-order valence-corrected chi connectivity index (χ0v) is 27.8. The summed E-state index contributed by atoms with van der Waals surface area (Å²) in [5.41, 5.74) is -2.10. The van der Waals surface area contributed by atoms with E-state index >= 15 is 0 Å². The van der Waals surface area contributed by atoms with Crippen LogP contribution in [-0.4, -0.2) is 97.5 Å². The molecule has 252 valence electrons. The molecule has 7 fully saturated rings. The minimum atomic E-state index is -1.32. The predicted molar refractivity (Wildman–Crippen MR) is 161 cm³/mol. The normalized spacial score (nSPS) is 59.8. The molecular weight excluding hydrogens is 564 g/mol. The largest absolute Gasteiger partial charge is 0.393 e. The summed E-state index contributed by atoms with van der Waals surface area (Å²) in [5, 5.41) is 65.6. The molecule has 7 aliphatic rings. The molecule has 44 heavy (non-hydrogen) atoms. The third-order valence-corrected chi connectivity index (χ3v) is 15.5. The molecule has 0 amide bonds. The van der Waals surface area contributed by atoms with Gasteiger partial charge in [-0.2, -0.15) is 0 Å². The summed E-state index contributed by atoms with van der Waals surface area (Å²) >= 11 is 0. The van der Waals surface area contributed by atoms with Crippen molar-refractivity contribution in [1.29, 1.82) is 0 Å². The van der Waals surface area contributed by atoms with Gasteiger partial charge < -0.3 is 44.8 Å². The lowest BCUT2D eigenvalue weighted by molar-refractivity contribution is -0.304. The monoisotopic (exact) mass is 622 g/mol. The van der Waals surface area contributed by atoms with Gasteiger partial charge >= 0.3 is 0 Å². The molecule has 9 nitrogen and oxygen atoms in total. The number of rotatable bonds is 4. The minimum Gasteiger partial charge on any atom is -0.393 e. The third-order valence-electron chi connectivity index (χ3n) is 15.5. The van der Waals surface area contributed by atoms with Crippen molar-refractivity contribution >= 4 is 0 Å². The van der Waals surface area contributed by atoms with E-state index in [1.54, 1.807) is 0 Å². The Bertz CT molecular complexity index is 1160. The second kappa shape index (κ2) is 9.63. The maximum atomic E-state index is 12.2. The predicted octanol–water partition coefficient (Wildman–Crippen LogP) is 2.90. The molecule has 2 aliphatic heterocycles. The van der Waals surface area contributed by atoms with Crippen LogP contribution in [0.5, 0.6) is 0 Å². The average molecular weight is 623 g/mol. The first-order valence-electron chi connectivity index (χ1n) is 17.4. The highest BCUT2D eigenvalue weighted by atomic mass is 16.7. The SMILES string of the molecule is CC(C)(O)[C@@H]1CC[C@](C)([C@H]2[C@@H](O)C[C@@]3(C)[C@H]4[C@@H](O)C[C@@H]5C(C)(C)[C@@H](O[C@@H]6OC[C@@H](O)[C@H](O)[C@H]6O)CC[C@@]56C[C@@]46CC[C@]23C)O1. The van der Waals surface area contributed by atoms with Crippen LogP contribution >= 0.6 is 0 Å². The van der Waals surface area contributed by atoms with Gasteiger partial charge in [-0.1, -0.05) is 27.7 Å². The Hall–Kier alpha value is -0.360. The van der Waals surface area contributed by atoms with Crippen molar-refractivity contribution in [3.05, 3.63) is 0 Å². The first-order valence-corrected chi connectivity index (χ1v) is 17.4. The molecule has 16 atom stereocenters. The van der Waals surface area contributed by atoms with Crippen molar-refractivity contribution in [3.63, 3.8) is 0 Å². The summed E-state index contributed by atoms with van der Waals surface area (Å²) in [6.45, 7) is 14.8. The van der Waals surface area contributed by atoms with Crippen LogP contribution < -0.4 is 0 Å². The third kappa shape index (κ3) is 3.97. The smallest absolute Gasteiger partial charge is 0.186 e. The van der Waals surface area contributed by atoms with Crippen LogP contribution in [0.2, 0.25) is 0 Å². The zero-order chi connectivity index (χ0) is 32.0. The van der Waals surface area contributed by atoms with Crippen LogP contribution in [0.15, 0.2) is 0 Å². The first kappa shape index (κ1) is 32.2. The van der Waals surface area contributed by atoms with E-state index in [1.165, 1.54) is 0 Å². The van der Waals surface area contributed by atoms with E-state index in [1.807, 2.05) is 13.8 Å². The summed E-state index contributed by atoms with van der Waals surface area (Å²) in [7, 11) is 0. The van der Waals surface area contributed by atoms with E-state index < -0.39 is 48.0 Å². The lowest BCUT2D eigenvalue weighted by Gasteiger charge is -2.65. The van der Waals surface area contributed by atoms with E-state index in [0.29, 0.717) is 12.8 Å². The maximum absolute atomic E-state index is 12.2. The molecule has 0 aromatic heterocycles. The van der Waals surface area contributed by atoms with E-state index in [9.17, 15) is 30.6 Å². The molecule has 0 aromatic carbocycles. The van der Waals surface area contributed by atoms with Crippen LogP contribution in [0.25, 0.3) is 0 Å². The number of aliphatic hydroxyl groups is 6. The van der Waals surface area contributed by atoms with E-state index in [0.717, 1.165) is 44.9 Å². The van der Waals surface area contributed by atoms with E-state index in [2.05, 4.69) is 34.6 Å². The topological polar surface area (TPSA) is 149 Å². The van der Waals surface area contributed by atoms with Gasteiger partial charge in [0.15, 0.2) is 6.29 Å². The molecule has 9 heteroatoms. The van der Waals surface area contributed by atoms with Crippen molar-refractivity contribution in [2.45, 2.75) is 166 Å². The van der Waals surface area contributed by atoms with Crippen LogP contribution in [0, 0.1) is 44.8 Å². The fourth-order valence-electron chi connectivity index (χ4n) is 13.4. The Morgan fingerprint density at radius 2 is 1.45 bits per heavy atom. The molecule has 7 rings (SSSR count). The van der Waals surface area contributed by atoms with Gasteiger partial charge in [-0.3, -0.25) is 0 Å². The van der Waals surface area contributed by atoms with Crippen LogP contribution in [-0.2, 0) is 14.2 Å². The molecule has 0 unspecified atom stereocenters. The Labute approximate surface area is 262 Å². The van der Waals surface area contributed by atoms with Crippen molar-refractivity contribution in [2.75, 3.05) is 6.61 Å². The number of hydrogen-bond donors (Lipinski definition) is 6. The van der Waals surface area contributed by atoms with Crippen LogP contribution in [0.4, 0.5) is 0 Å². The fourth-order valence-corrected chi connectivity index (χ4v) is 13.4. The lowest BCUT2D eigenvalue weighted by atomic mass is 9.41. The Morgan fingerprint density at radius 3 is 2.11 bits per heavy atom. The molecule has 6 N–H and O–H groups in total. The average Bonchev–Trinajstić information content (AvgIpc) is 3.27. The summed E-state index contributed by atoms with van der Waals surface area (Å²) < 4.78 is 18.7. The number of ether oxygens (including phenoxy) is 3. The maximum Gasteiger partial charge on any atom is 0.186 e. The minimum absolute atomic E-state index is 0.0225. The lowest BCUT2D eigenvalue weighted by Crippen LogP contribution is -2.63.